The van der Waals surface area contributed by atoms with Gasteiger partial charge in [0, 0.05) is 12.7 Å². The second-order valence-corrected chi connectivity index (χ2v) is 7.66. The largest absolute Gasteiger partial charge is 0.454 e. The number of carbonyl (C=O) groups excluding carboxylic acids is 1. The van der Waals surface area contributed by atoms with Crippen molar-refractivity contribution in [3.8, 4) is 11.5 Å². The van der Waals surface area contributed by atoms with Gasteiger partial charge in [0.25, 0.3) is 0 Å². The van der Waals surface area contributed by atoms with Gasteiger partial charge in [0.05, 0.1) is 17.7 Å². The lowest BCUT2D eigenvalue weighted by atomic mass is 9.83. The molecule has 0 saturated heterocycles. The highest BCUT2D eigenvalue weighted by Crippen LogP contribution is 2.33. The van der Waals surface area contributed by atoms with Crippen molar-refractivity contribution in [1.82, 2.24) is 9.88 Å². The zero-order valence-corrected chi connectivity index (χ0v) is 16.7. The molecule has 4 rings (SSSR count). The smallest absolute Gasteiger partial charge is 0.233 e. The Morgan fingerprint density at radius 1 is 0.966 bits per heavy atom. The van der Waals surface area contributed by atoms with Crippen LogP contribution in [0.2, 0.25) is 0 Å². The van der Waals surface area contributed by atoms with Crippen LogP contribution >= 0.6 is 0 Å². The van der Waals surface area contributed by atoms with Gasteiger partial charge in [-0.15, -0.1) is 0 Å². The van der Waals surface area contributed by atoms with Gasteiger partial charge in [-0.25, -0.2) is 0 Å². The van der Waals surface area contributed by atoms with Crippen LogP contribution in [0.15, 0.2) is 72.9 Å². The van der Waals surface area contributed by atoms with Crippen LogP contribution in [0.1, 0.15) is 30.7 Å². The Hall–Kier alpha value is -3.34. The van der Waals surface area contributed by atoms with E-state index in [1.165, 1.54) is 0 Å². The van der Waals surface area contributed by atoms with Crippen molar-refractivity contribution in [2.24, 2.45) is 0 Å². The number of rotatable bonds is 6. The molecule has 1 aliphatic rings. The summed E-state index contributed by atoms with van der Waals surface area (Å²) in [6, 6.07) is 21.4. The summed E-state index contributed by atoms with van der Waals surface area (Å²) in [6.07, 6.45) is 1.75. The van der Waals surface area contributed by atoms with E-state index in [9.17, 15) is 4.79 Å². The van der Waals surface area contributed by atoms with Crippen LogP contribution in [-0.2, 0) is 23.3 Å². The normalized spacial score (nSPS) is 12.6. The Morgan fingerprint density at radius 3 is 2.48 bits per heavy atom. The first-order valence-corrected chi connectivity index (χ1v) is 9.67. The summed E-state index contributed by atoms with van der Waals surface area (Å²) in [5, 5.41) is 0. The zero-order valence-electron chi connectivity index (χ0n) is 16.7. The molecule has 2 aromatic carbocycles. The van der Waals surface area contributed by atoms with Crippen molar-refractivity contribution in [3.05, 3.63) is 89.7 Å². The fraction of sp³-hybridized carbons (Fsp3) is 0.250. The second kappa shape index (κ2) is 7.95. The molecule has 5 nitrogen and oxygen atoms in total. The second-order valence-electron chi connectivity index (χ2n) is 7.66. The average molecular weight is 388 g/mol. The summed E-state index contributed by atoms with van der Waals surface area (Å²) >= 11 is 0. The fourth-order valence-corrected chi connectivity index (χ4v) is 3.52. The van der Waals surface area contributed by atoms with Crippen molar-refractivity contribution in [3.63, 3.8) is 0 Å². The van der Waals surface area contributed by atoms with E-state index in [1.807, 2.05) is 85.5 Å². The zero-order chi connectivity index (χ0) is 20.3. The number of ether oxygens (including phenoxy) is 2. The Balaban J connectivity index is 1.63. The summed E-state index contributed by atoms with van der Waals surface area (Å²) < 4.78 is 10.9. The third-order valence-corrected chi connectivity index (χ3v) is 5.21. The lowest BCUT2D eigenvalue weighted by Crippen LogP contribution is -2.42. The predicted molar refractivity (Wildman–Crippen MR) is 111 cm³/mol. The van der Waals surface area contributed by atoms with E-state index in [0.717, 1.165) is 28.3 Å². The molecule has 0 fully saturated rings. The molecule has 1 aliphatic heterocycles. The molecule has 0 bridgehead atoms. The predicted octanol–water partition coefficient (Wildman–Crippen LogP) is 4.32. The first-order chi connectivity index (χ1) is 14.0. The van der Waals surface area contributed by atoms with Gasteiger partial charge < -0.3 is 14.4 Å². The number of aromatic nitrogens is 1. The first-order valence-electron chi connectivity index (χ1n) is 9.67. The number of amides is 1. The van der Waals surface area contributed by atoms with Crippen molar-refractivity contribution in [1.29, 1.82) is 0 Å². The van der Waals surface area contributed by atoms with Gasteiger partial charge in [-0.2, -0.15) is 0 Å². The van der Waals surface area contributed by atoms with E-state index < -0.39 is 5.41 Å². The van der Waals surface area contributed by atoms with Gasteiger partial charge in [-0.1, -0.05) is 42.5 Å². The van der Waals surface area contributed by atoms with E-state index >= 15 is 0 Å². The molecule has 148 valence electrons. The standard InChI is InChI=1S/C24H24N2O3/c1-24(2,19-8-4-3-5-9-19)23(27)26(16-20-10-6-7-13-25-20)15-18-11-12-21-22(14-18)29-17-28-21/h3-14H,15-17H2,1-2H3. The Labute approximate surface area is 170 Å². The molecule has 29 heavy (non-hydrogen) atoms. The lowest BCUT2D eigenvalue weighted by Gasteiger charge is -2.32. The number of carbonyl (C=O) groups is 1. The van der Waals surface area contributed by atoms with E-state index in [1.54, 1.807) is 6.20 Å². The quantitative estimate of drug-likeness (QED) is 0.631. The van der Waals surface area contributed by atoms with Crippen molar-refractivity contribution in [2.45, 2.75) is 32.4 Å². The number of pyridine rings is 1. The molecule has 3 aromatic rings. The molecule has 0 radical (unpaired) electrons. The highest BCUT2D eigenvalue weighted by Gasteiger charge is 2.34. The number of hydrogen-bond acceptors (Lipinski definition) is 4. The number of fused-ring (bicyclic) bond motifs is 1. The van der Waals surface area contributed by atoms with Crippen LogP contribution in [0.25, 0.3) is 0 Å². The van der Waals surface area contributed by atoms with Gasteiger partial charge in [-0.05, 0) is 49.2 Å². The van der Waals surface area contributed by atoms with Gasteiger partial charge in [0.2, 0.25) is 12.7 Å². The third-order valence-electron chi connectivity index (χ3n) is 5.21. The summed E-state index contributed by atoms with van der Waals surface area (Å²) in [7, 11) is 0. The first kappa shape index (κ1) is 19.0. The van der Waals surface area contributed by atoms with Crippen LogP contribution in [0.3, 0.4) is 0 Å². The van der Waals surface area contributed by atoms with E-state index in [4.69, 9.17) is 9.47 Å². The molecule has 0 atom stereocenters. The van der Waals surface area contributed by atoms with Crippen LogP contribution in [-0.4, -0.2) is 22.6 Å². The molecular weight excluding hydrogens is 364 g/mol. The van der Waals surface area contributed by atoms with E-state index in [0.29, 0.717) is 13.1 Å². The fourth-order valence-electron chi connectivity index (χ4n) is 3.52. The molecule has 1 amide bonds. The average Bonchev–Trinajstić information content (AvgIpc) is 3.22. The summed E-state index contributed by atoms with van der Waals surface area (Å²) in [5.41, 5.74) is 2.17. The molecule has 0 aliphatic carbocycles. The summed E-state index contributed by atoms with van der Waals surface area (Å²) in [4.78, 5) is 19.9. The maximum Gasteiger partial charge on any atom is 0.233 e. The Kier molecular flexibility index (Phi) is 5.21. The minimum Gasteiger partial charge on any atom is -0.454 e. The monoisotopic (exact) mass is 388 g/mol. The molecule has 0 N–H and O–H groups in total. The highest BCUT2D eigenvalue weighted by molar-refractivity contribution is 5.87. The minimum absolute atomic E-state index is 0.0482. The molecule has 0 saturated carbocycles. The molecule has 0 unspecified atom stereocenters. The van der Waals surface area contributed by atoms with Crippen LogP contribution < -0.4 is 9.47 Å². The number of benzene rings is 2. The van der Waals surface area contributed by atoms with Crippen molar-refractivity contribution < 1.29 is 14.3 Å². The molecule has 0 spiro atoms. The van der Waals surface area contributed by atoms with E-state index in [2.05, 4.69) is 4.98 Å². The maximum atomic E-state index is 13.7. The van der Waals surface area contributed by atoms with Crippen LogP contribution in [0.4, 0.5) is 0 Å². The maximum absolute atomic E-state index is 13.7. The molecular formula is C24H24N2O3. The lowest BCUT2D eigenvalue weighted by molar-refractivity contribution is -0.137. The molecule has 2 heterocycles. The number of nitrogens with zero attached hydrogens (tertiary/aromatic N) is 2. The van der Waals surface area contributed by atoms with Crippen molar-refractivity contribution >= 4 is 5.91 Å². The topological polar surface area (TPSA) is 51.7 Å². The van der Waals surface area contributed by atoms with Crippen molar-refractivity contribution in [2.75, 3.05) is 6.79 Å². The molecule has 1 aromatic heterocycles. The van der Waals surface area contributed by atoms with Gasteiger partial charge >= 0.3 is 0 Å². The van der Waals surface area contributed by atoms with E-state index in [-0.39, 0.29) is 12.7 Å². The van der Waals surface area contributed by atoms with Crippen LogP contribution in [0.5, 0.6) is 11.5 Å². The highest BCUT2D eigenvalue weighted by atomic mass is 16.7. The van der Waals surface area contributed by atoms with Gasteiger partial charge in [-0.3, -0.25) is 9.78 Å². The number of hydrogen-bond donors (Lipinski definition) is 0. The third kappa shape index (κ3) is 4.09. The van der Waals surface area contributed by atoms with Gasteiger partial charge in [0.15, 0.2) is 11.5 Å². The Morgan fingerprint density at radius 2 is 1.72 bits per heavy atom. The SMILES string of the molecule is CC(C)(C(=O)N(Cc1ccc2c(c1)OCO2)Cc1ccccn1)c1ccccc1. The summed E-state index contributed by atoms with van der Waals surface area (Å²) in [6.45, 7) is 5.06. The van der Waals surface area contributed by atoms with Crippen LogP contribution in [0, 0.1) is 0 Å². The van der Waals surface area contributed by atoms with Gasteiger partial charge in [0.1, 0.15) is 0 Å². The minimum atomic E-state index is -0.660. The summed E-state index contributed by atoms with van der Waals surface area (Å²) in [5.74, 6) is 1.50. The Bertz CT molecular complexity index is 988. The molecule has 5 heteroatoms.